The minimum Gasteiger partial charge on any atom is -0.400 e. The van der Waals surface area contributed by atoms with Crippen molar-refractivity contribution in [1.82, 2.24) is 15.5 Å². The van der Waals surface area contributed by atoms with Gasteiger partial charge in [0.15, 0.2) is 11.6 Å². The van der Waals surface area contributed by atoms with Gasteiger partial charge < -0.3 is 19.8 Å². The molecule has 0 spiro atoms. The van der Waals surface area contributed by atoms with Crippen LogP contribution in [0.5, 0.6) is 5.75 Å². The highest BCUT2D eigenvalue weighted by Gasteiger charge is 2.34. The quantitative estimate of drug-likeness (QED) is 0.680. The summed E-state index contributed by atoms with van der Waals surface area (Å²) in [4.78, 5) is 11.1. The van der Waals surface area contributed by atoms with E-state index in [2.05, 4.69) is 20.5 Å². The molecule has 1 aromatic carbocycles. The fourth-order valence-electron chi connectivity index (χ4n) is 3.10. The predicted molar refractivity (Wildman–Crippen MR) is 87.9 cm³/mol. The van der Waals surface area contributed by atoms with E-state index in [-0.39, 0.29) is 29.1 Å². The summed E-state index contributed by atoms with van der Waals surface area (Å²) in [5.74, 6) is -3.13. The van der Waals surface area contributed by atoms with Gasteiger partial charge in [-0.1, -0.05) is 0 Å². The predicted octanol–water partition coefficient (Wildman–Crippen LogP) is 2.87. The SMILES string of the molecule is C[C@H](Nc1cc(-c2n[nH]c(=O)o2)cc(F)c1OC(F)(F)F)C1CCNCC1. The summed E-state index contributed by atoms with van der Waals surface area (Å²) < 4.78 is 61.2. The maximum Gasteiger partial charge on any atom is 0.573 e. The lowest BCUT2D eigenvalue weighted by atomic mass is 9.91. The molecule has 3 rings (SSSR count). The molecule has 0 aliphatic carbocycles. The molecule has 0 amide bonds. The molecule has 27 heavy (non-hydrogen) atoms. The lowest BCUT2D eigenvalue weighted by molar-refractivity contribution is -0.275. The van der Waals surface area contributed by atoms with E-state index in [9.17, 15) is 22.4 Å². The Kier molecular flexibility index (Phi) is 5.40. The van der Waals surface area contributed by atoms with Crippen LogP contribution in [0.15, 0.2) is 21.3 Å². The molecule has 1 atom stereocenters. The summed E-state index contributed by atoms with van der Waals surface area (Å²) in [6.45, 7) is 3.41. The molecular formula is C16H18F4N4O3. The number of nitrogens with zero attached hydrogens (tertiary/aromatic N) is 1. The topological polar surface area (TPSA) is 92.2 Å². The molecule has 1 aliphatic rings. The van der Waals surface area contributed by atoms with Crippen LogP contribution in [0.4, 0.5) is 23.2 Å². The van der Waals surface area contributed by atoms with Crippen molar-refractivity contribution in [1.29, 1.82) is 0 Å². The summed E-state index contributed by atoms with van der Waals surface area (Å²) in [6, 6.07) is 1.74. The highest BCUT2D eigenvalue weighted by atomic mass is 19.4. The first-order valence-corrected chi connectivity index (χ1v) is 8.35. The van der Waals surface area contributed by atoms with E-state index in [0.29, 0.717) is 0 Å². The number of nitrogens with one attached hydrogen (secondary N) is 3. The largest absolute Gasteiger partial charge is 0.573 e. The molecule has 0 bridgehead atoms. The average Bonchev–Trinajstić information content (AvgIpc) is 3.04. The van der Waals surface area contributed by atoms with Crippen molar-refractivity contribution in [3.63, 3.8) is 0 Å². The average molecular weight is 390 g/mol. The number of rotatable bonds is 5. The van der Waals surface area contributed by atoms with Crippen molar-refractivity contribution in [3.05, 3.63) is 28.5 Å². The standard InChI is InChI=1S/C16H18F4N4O3/c1-8(9-2-4-21-5-3-9)22-12-7-10(14-23-24-15(25)26-14)6-11(17)13(12)27-16(18,19)20/h6-9,21-22H,2-5H2,1H3,(H,24,25)/t8-/m0/s1. The molecule has 1 fully saturated rings. The monoisotopic (exact) mass is 390 g/mol. The third-order valence-electron chi connectivity index (χ3n) is 4.42. The fourth-order valence-corrected chi connectivity index (χ4v) is 3.10. The van der Waals surface area contributed by atoms with Crippen molar-refractivity contribution in [2.45, 2.75) is 32.2 Å². The number of piperidine rings is 1. The number of halogens is 4. The van der Waals surface area contributed by atoms with Crippen LogP contribution in [0, 0.1) is 11.7 Å². The number of aromatic amines is 1. The van der Waals surface area contributed by atoms with E-state index in [1.807, 2.05) is 12.0 Å². The number of benzene rings is 1. The van der Waals surface area contributed by atoms with Crippen LogP contribution in [0.1, 0.15) is 19.8 Å². The molecule has 1 aliphatic heterocycles. The molecule has 148 valence electrons. The summed E-state index contributed by atoms with van der Waals surface area (Å²) in [5, 5.41) is 11.7. The normalized spacial score (nSPS) is 16.9. The second-order valence-corrected chi connectivity index (χ2v) is 6.32. The molecule has 0 unspecified atom stereocenters. The highest BCUT2D eigenvalue weighted by molar-refractivity contribution is 5.68. The first kappa shape index (κ1) is 19.2. The number of hydrogen-bond acceptors (Lipinski definition) is 6. The molecule has 1 aromatic heterocycles. The van der Waals surface area contributed by atoms with Crippen molar-refractivity contribution in [2.24, 2.45) is 5.92 Å². The van der Waals surface area contributed by atoms with Gasteiger partial charge in [0, 0.05) is 11.6 Å². The number of anilines is 1. The van der Waals surface area contributed by atoms with E-state index < -0.39 is 23.7 Å². The summed E-state index contributed by atoms with van der Waals surface area (Å²) in [6.07, 6.45) is -3.39. The number of H-pyrrole nitrogens is 1. The first-order chi connectivity index (χ1) is 12.7. The maximum absolute atomic E-state index is 14.4. The molecule has 1 saturated heterocycles. The van der Waals surface area contributed by atoms with Gasteiger partial charge in [0.05, 0.1) is 5.69 Å². The number of hydrogen-bond donors (Lipinski definition) is 3. The van der Waals surface area contributed by atoms with Gasteiger partial charge in [-0.3, -0.25) is 0 Å². The van der Waals surface area contributed by atoms with Crippen LogP contribution in [-0.4, -0.2) is 35.7 Å². The number of alkyl halides is 3. The van der Waals surface area contributed by atoms with E-state index in [4.69, 9.17) is 4.42 Å². The second-order valence-electron chi connectivity index (χ2n) is 6.32. The van der Waals surface area contributed by atoms with Gasteiger partial charge in [-0.25, -0.2) is 14.3 Å². The van der Waals surface area contributed by atoms with Gasteiger partial charge in [-0.2, -0.15) is 0 Å². The van der Waals surface area contributed by atoms with E-state index >= 15 is 0 Å². The maximum atomic E-state index is 14.4. The van der Waals surface area contributed by atoms with Crippen LogP contribution >= 0.6 is 0 Å². The molecule has 7 nitrogen and oxygen atoms in total. The van der Waals surface area contributed by atoms with Crippen molar-refractivity contribution < 1.29 is 26.7 Å². The molecule has 0 saturated carbocycles. The Hall–Kier alpha value is -2.56. The summed E-state index contributed by atoms with van der Waals surface area (Å²) in [7, 11) is 0. The molecule has 11 heteroatoms. The Morgan fingerprint density at radius 2 is 2.04 bits per heavy atom. The Labute approximate surface area is 151 Å². The van der Waals surface area contributed by atoms with E-state index in [0.717, 1.165) is 32.0 Å². The molecule has 3 N–H and O–H groups in total. The number of aromatic nitrogens is 2. The van der Waals surface area contributed by atoms with Gasteiger partial charge >= 0.3 is 12.1 Å². The van der Waals surface area contributed by atoms with Crippen molar-refractivity contribution >= 4 is 5.69 Å². The van der Waals surface area contributed by atoms with Gasteiger partial charge in [0.2, 0.25) is 5.89 Å². The second kappa shape index (κ2) is 7.59. The Balaban J connectivity index is 1.96. The van der Waals surface area contributed by atoms with Crippen LogP contribution in [0.25, 0.3) is 11.5 Å². The zero-order valence-electron chi connectivity index (χ0n) is 14.3. The molecule has 2 heterocycles. The minimum atomic E-state index is -5.06. The lowest BCUT2D eigenvalue weighted by Gasteiger charge is -2.30. The first-order valence-electron chi connectivity index (χ1n) is 8.35. The Morgan fingerprint density at radius 3 is 2.63 bits per heavy atom. The van der Waals surface area contributed by atoms with E-state index in [1.165, 1.54) is 6.07 Å². The highest BCUT2D eigenvalue weighted by Crippen LogP contribution is 2.37. The van der Waals surface area contributed by atoms with Crippen LogP contribution in [0.3, 0.4) is 0 Å². The third kappa shape index (κ3) is 4.79. The Bertz CT molecular complexity index is 843. The zero-order valence-corrected chi connectivity index (χ0v) is 14.3. The lowest BCUT2D eigenvalue weighted by Crippen LogP contribution is -2.36. The Morgan fingerprint density at radius 1 is 1.33 bits per heavy atom. The molecule has 2 aromatic rings. The van der Waals surface area contributed by atoms with Crippen LogP contribution < -0.4 is 21.1 Å². The van der Waals surface area contributed by atoms with Crippen molar-refractivity contribution in [2.75, 3.05) is 18.4 Å². The number of ether oxygens (including phenoxy) is 1. The van der Waals surface area contributed by atoms with Gasteiger partial charge in [-0.15, -0.1) is 18.3 Å². The third-order valence-corrected chi connectivity index (χ3v) is 4.42. The summed E-state index contributed by atoms with van der Waals surface area (Å²) >= 11 is 0. The fraction of sp³-hybridized carbons (Fsp3) is 0.500. The van der Waals surface area contributed by atoms with Gasteiger partial charge in [0.25, 0.3) is 0 Å². The molecular weight excluding hydrogens is 372 g/mol. The minimum absolute atomic E-state index is 0.000357. The van der Waals surface area contributed by atoms with Crippen LogP contribution in [-0.2, 0) is 0 Å². The summed E-state index contributed by atoms with van der Waals surface area (Å²) in [5.41, 5.74) is -0.195. The van der Waals surface area contributed by atoms with Gasteiger partial charge in [-0.05, 0) is 50.9 Å². The molecule has 0 radical (unpaired) electrons. The van der Waals surface area contributed by atoms with E-state index in [1.54, 1.807) is 0 Å². The van der Waals surface area contributed by atoms with Gasteiger partial charge in [0.1, 0.15) is 0 Å². The van der Waals surface area contributed by atoms with Crippen LogP contribution in [0.2, 0.25) is 0 Å². The smallest absolute Gasteiger partial charge is 0.400 e. The van der Waals surface area contributed by atoms with Crippen molar-refractivity contribution in [3.8, 4) is 17.2 Å². The zero-order chi connectivity index (χ0) is 19.6.